The lowest BCUT2D eigenvalue weighted by molar-refractivity contribution is -0.137. The number of amides is 1. The Kier molecular flexibility index (Phi) is 7.02. The van der Waals surface area contributed by atoms with E-state index in [9.17, 15) is 22.8 Å². The molecule has 3 rings (SSSR count). The number of esters is 1. The third kappa shape index (κ3) is 5.17. The Bertz CT molecular complexity index is 1200. The van der Waals surface area contributed by atoms with E-state index in [-0.39, 0.29) is 28.5 Å². The highest BCUT2D eigenvalue weighted by Crippen LogP contribution is 2.20. The van der Waals surface area contributed by atoms with Gasteiger partial charge in [0.15, 0.2) is 16.4 Å². The summed E-state index contributed by atoms with van der Waals surface area (Å²) in [6.07, 6.45) is 0.392. The first-order valence-corrected chi connectivity index (χ1v) is 12.5. The van der Waals surface area contributed by atoms with Crippen LogP contribution in [0.3, 0.4) is 0 Å². The zero-order valence-corrected chi connectivity index (χ0v) is 19.6. The lowest BCUT2D eigenvalue weighted by atomic mass is 10.1. The molecule has 0 radical (unpaired) electrons. The van der Waals surface area contributed by atoms with Crippen LogP contribution in [0.25, 0.3) is 11.0 Å². The van der Waals surface area contributed by atoms with Gasteiger partial charge in [-0.05, 0) is 44.4 Å². The molecular weight excluding hydrogens is 434 g/mol. The standard InChI is InChI=1S/C22H29N3O6S/c1-5-24-19-7-6-16(10-18(19)23-15(4)21(24)27)22(28)31-12-20(26)25(11-14(2)3)17-8-9-32(29,30)13-17/h6-7,10,14,17H,5,8-9,11-13H2,1-4H3. The summed E-state index contributed by atoms with van der Waals surface area (Å²) in [5.41, 5.74) is 1.47. The molecule has 2 heterocycles. The summed E-state index contributed by atoms with van der Waals surface area (Å²) >= 11 is 0. The van der Waals surface area contributed by atoms with Gasteiger partial charge < -0.3 is 14.2 Å². The molecule has 1 atom stereocenters. The Labute approximate surface area is 187 Å². The van der Waals surface area contributed by atoms with E-state index in [2.05, 4.69) is 4.98 Å². The van der Waals surface area contributed by atoms with Gasteiger partial charge in [0.25, 0.3) is 11.5 Å². The van der Waals surface area contributed by atoms with Crippen molar-refractivity contribution in [3.8, 4) is 0 Å². The molecule has 0 spiro atoms. The number of nitrogens with zero attached hydrogens (tertiary/aromatic N) is 3. The smallest absolute Gasteiger partial charge is 0.338 e. The van der Waals surface area contributed by atoms with Crippen molar-refractivity contribution in [1.82, 2.24) is 14.5 Å². The maximum Gasteiger partial charge on any atom is 0.338 e. The molecular formula is C22H29N3O6S. The number of rotatable bonds is 7. The number of hydrogen-bond acceptors (Lipinski definition) is 7. The molecule has 10 heteroatoms. The van der Waals surface area contributed by atoms with Gasteiger partial charge in [-0.1, -0.05) is 13.8 Å². The van der Waals surface area contributed by atoms with E-state index >= 15 is 0 Å². The Morgan fingerprint density at radius 3 is 2.62 bits per heavy atom. The van der Waals surface area contributed by atoms with Crippen molar-refractivity contribution in [3.63, 3.8) is 0 Å². The molecule has 1 aliphatic heterocycles. The van der Waals surface area contributed by atoms with E-state index in [0.29, 0.717) is 36.2 Å². The molecule has 1 fully saturated rings. The van der Waals surface area contributed by atoms with Crippen molar-refractivity contribution in [2.24, 2.45) is 5.92 Å². The van der Waals surface area contributed by atoms with E-state index in [4.69, 9.17) is 4.74 Å². The summed E-state index contributed by atoms with van der Waals surface area (Å²) in [6, 6.07) is 4.32. The fraction of sp³-hybridized carbons (Fsp3) is 0.545. The number of sulfone groups is 1. The third-order valence-corrected chi connectivity index (χ3v) is 7.27. The summed E-state index contributed by atoms with van der Waals surface area (Å²) in [5.74, 6) is -0.954. The Morgan fingerprint density at radius 1 is 1.31 bits per heavy atom. The quantitative estimate of drug-likeness (QED) is 0.572. The van der Waals surface area contributed by atoms with E-state index in [1.54, 1.807) is 17.6 Å². The summed E-state index contributed by atoms with van der Waals surface area (Å²) in [7, 11) is -3.15. The van der Waals surface area contributed by atoms with Gasteiger partial charge in [0, 0.05) is 19.1 Å². The third-order valence-electron chi connectivity index (χ3n) is 5.52. The number of aryl methyl sites for hydroxylation is 2. The topological polar surface area (TPSA) is 116 Å². The Morgan fingerprint density at radius 2 is 2.03 bits per heavy atom. The molecule has 1 amide bonds. The number of carbonyl (C=O) groups is 2. The highest BCUT2D eigenvalue weighted by molar-refractivity contribution is 7.91. The first kappa shape index (κ1) is 23.9. The minimum absolute atomic E-state index is 0.0612. The van der Waals surface area contributed by atoms with Crippen LogP contribution >= 0.6 is 0 Å². The average molecular weight is 464 g/mol. The van der Waals surface area contributed by atoms with Crippen LogP contribution in [-0.4, -0.2) is 65.4 Å². The predicted octanol–water partition coefficient (Wildman–Crippen LogP) is 1.55. The number of aromatic nitrogens is 2. The van der Waals surface area contributed by atoms with Gasteiger partial charge >= 0.3 is 5.97 Å². The molecule has 0 N–H and O–H groups in total. The fourth-order valence-corrected chi connectivity index (χ4v) is 5.71. The Balaban J connectivity index is 1.75. The van der Waals surface area contributed by atoms with Gasteiger partial charge in [-0.25, -0.2) is 18.2 Å². The van der Waals surface area contributed by atoms with Crippen LogP contribution in [0.1, 0.15) is 43.2 Å². The van der Waals surface area contributed by atoms with Gasteiger partial charge in [0.1, 0.15) is 5.69 Å². The van der Waals surface area contributed by atoms with E-state index < -0.39 is 34.4 Å². The second-order valence-corrected chi connectivity index (χ2v) is 10.8. The van der Waals surface area contributed by atoms with Crippen molar-refractivity contribution in [2.45, 2.75) is 46.7 Å². The molecule has 0 saturated carbocycles. The molecule has 174 valence electrons. The summed E-state index contributed by atoms with van der Waals surface area (Å²) in [4.78, 5) is 43.4. The van der Waals surface area contributed by atoms with Crippen LogP contribution in [0.2, 0.25) is 0 Å². The maximum absolute atomic E-state index is 12.8. The van der Waals surface area contributed by atoms with Crippen LogP contribution in [0.4, 0.5) is 0 Å². The summed E-state index contributed by atoms with van der Waals surface area (Å²) in [5, 5.41) is 0. The predicted molar refractivity (Wildman–Crippen MR) is 120 cm³/mol. The molecule has 0 aliphatic carbocycles. The summed E-state index contributed by atoms with van der Waals surface area (Å²) in [6.45, 7) is 7.74. The molecule has 0 bridgehead atoms. The first-order chi connectivity index (χ1) is 15.0. The molecule has 2 aromatic rings. The van der Waals surface area contributed by atoms with E-state index in [0.717, 1.165) is 0 Å². The van der Waals surface area contributed by atoms with Crippen molar-refractivity contribution in [1.29, 1.82) is 0 Å². The number of hydrogen-bond donors (Lipinski definition) is 0. The number of carbonyl (C=O) groups excluding carboxylic acids is 2. The molecule has 1 aliphatic rings. The van der Waals surface area contributed by atoms with Gasteiger partial charge in [0.2, 0.25) is 0 Å². The summed E-state index contributed by atoms with van der Waals surface area (Å²) < 4.78 is 30.5. The van der Waals surface area contributed by atoms with Crippen LogP contribution in [0.5, 0.6) is 0 Å². The molecule has 1 unspecified atom stereocenters. The van der Waals surface area contributed by atoms with Crippen LogP contribution in [0, 0.1) is 12.8 Å². The van der Waals surface area contributed by atoms with Gasteiger partial charge in [-0.2, -0.15) is 0 Å². The number of fused-ring (bicyclic) bond motifs is 1. The first-order valence-electron chi connectivity index (χ1n) is 10.7. The van der Waals surface area contributed by atoms with Gasteiger partial charge in [-0.3, -0.25) is 9.59 Å². The highest BCUT2D eigenvalue weighted by atomic mass is 32.2. The van der Waals surface area contributed by atoms with Crippen molar-refractivity contribution in [3.05, 3.63) is 39.8 Å². The average Bonchev–Trinajstić information content (AvgIpc) is 3.09. The lowest BCUT2D eigenvalue weighted by Gasteiger charge is -2.29. The van der Waals surface area contributed by atoms with Crippen molar-refractivity contribution >= 4 is 32.7 Å². The van der Waals surface area contributed by atoms with E-state index in [1.165, 1.54) is 17.0 Å². The highest BCUT2D eigenvalue weighted by Gasteiger charge is 2.35. The lowest BCUT2D eigenvalue weighted by Crippen LogP contribution is -2.45. The zero-order chi connectivity index (χ0) is 23.6. The van der Waals surface area contributed by atoms with E-state index in [1.807, 2.05) is 20.8 Å². The molecule has 1 aromatic heterocycles. The van der Waals surface area contributed by atoms with Crippen LogP contribution < -0.4 is 5.56 Å². The maximum atomic E-state index is 12.8. The SMILES string of the molecule is CCn1c(=O)c(C)nc2cc(C(=O)OCC(=O)N(CC(C)C)C3CCS(=O)(=O)C3)ccc21. The van der Waals surface area contributed by atoms with Gasteiger partial charge in [0.05, 0.1) is 28.1 Å². The zero-order valence-electron chi connectivity index (χ0n) is 18.8. The number of benzene rings is 1. The monoisotopic (exact) mass is 463 g/mol. The van der Waals surface area contributed by atoms with Crippen molar-refractivity contribution in [2.75, 3.05) is 24.7 Å². The molecule has 32 heavy (non-hydrogen) atoms. The minimum atomic E-state index is -3.15. The van der Waals surface area contributed by atoms with Crippen LogP contribution in [0.15, 0.2) is 23.0 Å². The second-order valence-electron chi connectivity index (χ2n) is 8.52. The minimum Gasteiger partial charge on any atom is -0.452 e. The largest absolute Gasteiger partial charge is 0.452 e. The van der Waals surface area contributed by atoms with Crippen molar-refractivity contribution < 1.29 is 22.7 Å². The molecule has 1 aromatic carbocycles. The normalized spacial score (nSPS) is 17.6. The van der Waals surface area contributed by atoms with Gasteiger partial charge in [-0.15, -0.1) is 0 Å². The fourth-order valence-electron chi connectivity index (χ4n) is 3.98. The molecule has 1 saturated heterocycles. The second kappa shape index (κ2) is 9.40. The Hall–Kier alpha value is -2.75. The van der Waals surface area contributed by atoms with Crippen LogP contribution in [-0.2, 0) is 25.9 Å². The molecule has 9 nitrogen and oxygen atoms in total. The number of ether oxygens (including phenoxy) is 1.